The van der Waals surface area contributed by atoms with Crippen molar-refractivity contribution in [2.75, 3.05) is 33.2 Å². The van der Waals surface area contributed by atoms with Crippen molar-refractivity contribution < 1.29 is 4.79 Å². The molecule has 80 valence electrons. The fourth-order valence-electron chi connectivity index (χ4n) is 1.59. The van der Waals surface area contributed by atoms with Gasteiger partial charge in [0.1, 0.15) is 0 Å². The van der Waals surface area contributed by atoms with Crippen molar-refractivity contribution in [3.63, 3.8) is 0 Å². The monoisotopic (exact) mass is 206 g/mol. The van der Waals surface area contributed by atoms with Crippen LogP contribution in [0.1, 0.15) is 10.5 Å². The summed E-state index contributed by atoms with van der Waals surface area (Å²) in [5.74, 6) is -0.0174. The SMILES string of the molecule is CN1CCN(C(=O)c2cccnn2)CC1. The number of carbonyl (C=O) groups excluding carboxylic acids is 1. The molecule has 1 aromatic rings. The topological polar surface area (TPSA) is 49.3 Å². The lowest BCUT2D eigenvalue weighted by atomic mass is 10.3. The van der Waals surface area contributed by atoms with Crippen LogP contribution in [0, 0.1) is 0 Å². The van der Waals surface area contributed by atoms with Crippen LogP contribution in [0.15, 0.2) is 18.3 Å². The van der Waals surface area contributed by atoms with Crippen molar-refractivity contribution >= 4 is 5.91 Å². The minimum absolute atomic E-state index is 0.0174. The molecule has 1 fully saturated rings. The van der Waals surface area contributed by atoms with Gasteiger partial charge in [0.15, 0.2) is 5.69 Å². The molecule has 1 amide bonds. The van der Waals surface area contributed by atoms with Gasteiger partial charge < -0.3 is 9.80 Å². The van der Waals surface area contributed by atoms with Crippen LogP contribution in [0.5, 0.6) is 0 Å². The van der Waals surface area contributed by atoms with Crippen LogP contribution >= 0.6 is 0 Å². The molecule has 1 aliphatic heterocycles. The molecule has 0 bridgehead atoms. The lowest BCUT2D eigenvalue weighted by Gasteiger charge is -2.32. The van der Waals surface area contributed by atoms with Gasteiger partial charge in [0.25, 0.3) is 5.91 Å². The van der Waals surface area contributed by atoms with E-state index in [-0.39, 0.29) is 5.91 Å². The third-order valence-corrected chi connectivity index (χ3v) is 2.58. The van der Waals surface area contributed by atoms with Crippen LogP contribution in [-0.2, 0) is 0 Å². The van der Waals surface area contributed by atoms with E-state index in [1.807, 2.05) is 4.90 Å². The molecule has 5 nitrogen and oxygen atoms in total. The van der Waals surface area contributed by atoms with Gasteiger partial charge in [0.05, 0.1) is 0 Å². The number of aromatic nitrogens is 2. The maximum atomic E-state index is 11.9. The summed E-state index contributed by atoms with van der Waals surface area (Å²) in [5.41, 5.74) is 0.432. The van der Waals surface area contributed by atoms with Crippen LogP contribution in [0.4, 0.5) is 0 Å². The third kappa shape index (κ3) is 2.30. The second kappa shape index (κ2) is 4.35. The Morgan fingerprint density at radius 2 is 2.07 bits per heavy atom. The minimum Gasteiger partial charge on any atom is -0.335 e. The molecule has 5 heteroatoms. The van der Waals surface area contributed by atoms with Crippen molar-refractivity contribution in [2.45, 2.75) is 0 Å². The molecule has 0 saturated carbocycles. The molecule has 1 saturated heterocycles. The van der Waals surface area contributed by atoms with Gasteiger partial charge in [-0.2, -0.15) is 5.10 Å². The summed E-state index contributed by atoms with van der Waals surface area (Å²) < 4.78 is 0. The van der Waals surface area contributed by atoms with E-state index in [1.54, 1.807) is 18.3 Å². The number of hydrogen-bond donors (Lipinski definition) is 0. The molecule has 0 aromatic carbocycles. The average molecular weight is 206 g/mol. The minimum atomic E-state index is -0.0174. The first-order chi connectivity index (χ1) is 7.27. The highest BCUT2D eigenvalue weighted by Crippen LogP contribution is 2.04. The smallest absolute Gasteiger partial charge is 0.274 e. The average Bonchev–Trinajstić information content (AvgIpc) is 2.30. The summed E-state index contributed by atoms with van der Waals surface area (Å²) in [5, 5.41) is 7.53. The van der Waals surface area contributed by atoms with E-state index in [1.165, 1.54) is 0 Å². The second-order valence-corrected chi connectivity index (χ2v) is 3.70. The quantitative estimate of drug-likeness (QED) is 0.642. The predicted octanol–water partition coefficient (Wildman–Crippen LogP) is -0.136. The molecule has 0 aliphatic carbocycles. The summed E-state index contributed by atoms with van der Waals surface area (Å²) in [6, 6.07) is 3.43. The van der Waals surface area contributed by atoms with Gasteiger partial charge in [-0.15, -0.1) is 5.10 Å². The molecule has 0 spiro atoms. The molecule has 1 aliphatic rings. The van der Waals surface area contributed by atoms with E-state index >= 15 is 0 Å². The Balaban J connectivity index is 2.03. The number of rotatable bonds is 1. The molecule has 2 heterocycles. The zero-order valence-electron chi connectivity index (χ0n) is 8.76. The van der Waals surface area contributed by atoms with E-state index in [4.69, 9.17) is 0 Å². The zero-order chi connectivity index (χ0) is 10.7. The Labute approximate surface area is 88.7 Å². The van der Waals surface area contributed by atoms with Crippen molar-refractivity contribution in [2.24, 2.45) is 0 Å². The molecule has 0 radical (unpaired) electrons. The number of piperazine rings is 1. The maximum absolute atomic E-state index is 11.9. The summed E-state index contributed by atoms with van der Waals surface area (Å²) in [7, 11) is 2.06. The molecule has 15 heavy (non-hydrogen) atoms. The Morgan fingerprint density at radius 1 is 1.33 bits per heavy atom. The van der Waals surface area contributed by atoms with Crippen molar-refractivity contribution in [1.82, 2.24) is 20.0 Å². The van der Waals surface area contributed by atoms with Crippen molar-refractivity contribution in [3.8, 4) is 0 Å². The van der Waals surface area contributed by atoms with Crippen LogP contribution in [0.2, 0.25) is 0 Å². The molecular weight excluding hydrogens is 192 g/mol. The van der Waals surface area contributed by atoms with Gasteiger partial charge in [-0.1, -0.05) is 0 Å². The first-order valence-corrected chi connectivity index (χ1v) is 5.03. The molecule has 2 rings (SSSR count). The Bertz CT molecular complexity index is 333. The van der Waals surface area contributed by atoms with E-state index in [2.05, 4.69) is 22.1 Å². The number of hydrogen-bond acceptors (Lipinski definition) is 4. The predicted molar refractivity (Wildman–Crippen MR) is 55.4 cm³/mol. The number of carbonyl (C=O) groups is 1. The molecule has 0 N–H and O–H groups in total. The summed E-state index contributed by atoms with van der Waals surface area (Å²) in [6.45, 7) is 3.38. The highest BCUT2D eigenvalue weighted by molar-refractivity contribution is 5.92. The van der Waals surface area contributed by atoms with Crippen LogP contribution < -0.4 is 0 Å². The Kier molecular flexibility index (Phi) is 2.91. The lowest BCUT2D eigenvalue weighted by molar-refractivity contribution is 0.0657. The van der Waals surface area contributed by atoms with Gasteiger partial charge >= 0.3 is 0 Å². The first kappa shape index (κ1) is 10.0. The highest BCUT2D eigenvalue weighted by atomic mass is 16.2. The summed E-state index contributed by atoms with van der Waals surface area (Å²) in [4.78, 5) is 15.9. The third-order valence-electron chi connectivity index (χ3n) is 2.58. The van der Waals surface area contributed by atoms with Gasteiger partial charge in [0.2, 0.25) is 0 Å². The van der Waals surface area contributed by atoms with E-state index in [0.29, 0.717) is 5.69 Å². The first-order valence-electron chi connectivity index (χ1n) is 5.03. The highest BCUT2D eigenvalue weighted by Gasteiger charge is 2.20. The number of likely N-dealkylation sites (N-methyl/N-ethyl adjacent to an activating group) is 1. The van der Waals surface area contributed by atoms with Gasteiger partial charge in [-0.25, -0.2) is 0 Å². The van der Waals surface area contributed by atoms with Gasteiger partial charge in [0, 0.05) is 32.4 Å². The molecular formula is C10H14N4O. The summed E-state index contributed by atoms with van der Waals surface area (Å²) >= 11 is 0. The normalized spacial score (nSPS) is 17.8. The fourth-order valence-corrected chi connectivity index (χ4v) is 1.59. The van der Waals surface area contributed by atoms with Gasteiger partial charge in [-0.05, 0) is 19.2 Å². The standard InChI is InChI=1S/C10H14N4O/c1-13-5-7-14(8-6-13)10(15)9-3-2-4-11-12-9/h2-4H,5-8H2,1H3. The second-order valence-electron chi connectivity index (χ2n) is 3.70. The largest absolute Gasteiger partial charge is 0.335 e. The van der Waals surface area contributed by atoms with Crippen LogP contribution in [0.3, 0.4) is 0 Å². The maximum Gasteiger partial charge on any atom is 0.274 e. The zero-order valence-corrected chi connectivity index (χ0v) is 8.76. The molecule has 1 aromatic heterocycles. The van der Waals surface area contributed by atoms with Crippen LogP contribution in [0.25, 0.3) is 0 Å². The van der Waals surface area contributed by atoms with E-state index in [0.717, 1.165) is 26.2 Å². The number of nitrogens with zero attached hydrogens (tertiary/aromatic N) is 4. The molecule has 0 unspecified atom stereocenters. The summed E-state index contributed by atoms with van der Waals surface area (Å²) in [6.07, 6.45) is 1.57. The number of amides is 1. The van der Waals surface area contributed by atoms with Crippen LogP contribution in [-0.4, -0.2) is 59.1 Å². The van der Waals surface area contributed by atoms with E-state index in [9.17, 15) is 4.79 Å². The van der Waals surface area contributed by atoms with Crippen molar-refractivity contribution in [1.29, 1.82) is 0 Å². The lowest BCUT2D eigenvalue weighted by Crippen LogP contribution is -2.47. The van der Waals surface area contributed by atoms with Crippen molar-refractivity contribution in [3.05, 3.63) is 24.0 Å². The Morgan fingerprint density at radius 3 is 2.67 bits per heavy atom. The van der Waals surface area contributed by atoms with E-state index < -0.39 is 0 Å². The fraction of sp³-hybridized carbons (Fsp3) is 0.500. The molecule has 0 atom stereocenters. The van der Waals surface area contributed by atoms with Gasteiger partial charge in [-0.3, -0.25) is 4.79 Å². The Hall–Kier alpha value is -1.49.